The van der Waals surface area contributed by atoms with Crippen LogP contribution >= 0.6 is 0 Å². The van der Waals surface area contributed by atoms with Gasteiger partial charge in [0, 0.05) is 23.6 Å². The lowest BCUT2D eigenvalue weighted by molar-refractivity contribution is -0.150. The number of rotatable bonds is 8. The second kappa shape index (κ2) is 13.3. The predicted octanol–water partition coefficient (Wildman–Crippen LogP) is 4.67. The number of aliphatic hydroxyl groups excluding tert-OH is 1. The van der Waals surface area contributed by atoms with Crippen molar-refractivity contribution in [2.45, 2.75) is 69.1 Å². The van der Waals surface area contributed by atoms with E-state index in [1.165, 1.54) is 9.36 Å². The first kappa shape index (κ1) is 36.1. The number of nitrogens with one attached hydrogen (secondary N) is 2. The number of nitrogens with zero attached hydrogens (tertiary/aromatic N) is 4. The second-order valence-corrected chi connectivity index (χ2v) is 20.0. The van der Waals surface area contributed by atoms with Gasteiger partial charge in [-0.25, -0.2) is 9.36 Å². The molecule has 2 amide bonds. The number of amides is 2. The van der Waals surface area contributed by atoms with E-state index in [0.717, 1.165) is 12.0 Å². The monoisotopic (exact) mass is 772 g/mol. The summed E-state index contributed by atoms with van der Waals surface area (Å²) >= 11 is 0. The van der Waals surface area contributed by atoms with Crippen molar-refractivity contribution >= 4 is 47.6 Å². The molecule has 5 heterocycles. The van der Waals surface area contributed by atoms with Crippen molar-refractivity contribution in [2.75, 3.05) is 18.1 Å². The molecule has 0 bridgehead atoms. The van der Waals surface area contributed by atoms with Gasteiger partial charge in [0.05, 0.1) is 70.6 Å². The molecule has 2 saturated heterocycles. The van der Waals surface area contributed by atoms with E-state index in [1.54, 1.807) is 34.1 Å². The van der Waals surface area contributed by atoms with Gasteiger partial charge in [-0.1, -0.05) is 43.3 Å². The highest BCUT2D eigenvalue weighted by atomic mass is 28.4. The highest BCUT2D eigenvalue weighted by Gasteiger charge is 2.66. The Morgan fingerprint density at radius 1 is 0.875 bits per heavy atom. The Morgan fingerprint density at radius 2 is 1.52 bits per heavy atom. The van der Waals surface area contributed by atoms with Gasteiger partial charge in [0.15, 0.2) is 13.9 Å². The highest BCUT2D eigenvalue weighted by molar-refractivity contribution is 6.71. The maximum atomic E-state index is 15.3. The molecule has 56 heavy (non-hydrogen) atoms. The standard InChI is InChI=1S/C42H44N6O7Si/c1-25-38(56(2,3)54)36(22-37(50)45-19-9-12-29(45)24-49)55-42(25)32-21-28(48-40(52)31-14-5-7-16-34(31)44-48)17-18-35(32)46(41(42)53)23-26-10-8-11-27(20-26)47-39(51)30-13-4-6-15-33(30)43-47/h4-8,10-11,13-18,20-21,25,29,36,38,43-44,49,54H,9,12,19,22-24H2,1-3H3/t25-,29-,36+,38-,42+/m0/s1. The van der Waals surface area contributed by atoms with E-state index in [2.05, 4.69) is 10.2 Å². The average molecular weight is 773 g/mol. The molecule has 4 N–H and O–H groups in total. The van der Waals surface area contributed by atoms with Crippen molar-refractivity contribution in [3.8, 4) is 11.4 Å². The fourth-order valence-electron chi connectivity index (χ4n) is 9.66. The normalized spacial score (nSPS) is 23.6. The highest BCUT2D eigenvalue weighted by Crippen LogP contribution is 2.60. The van der Waals surface area contributed by atoms with Crippen LogP contribution in [0.5, 0.6) is 0 Å². The first-order valence-electron chi connectivity index (χ1n) is 19.2. The number of anilines is 1. The molecule has 9 rings (SSSR count). The van der Waals surface area contributed by atoms with Crippen molar-refractivity contribution in [1.82, 2.24) is 24.5 Å². The number of H-pyrrole nitrogens is 2. The lowest BCUT2D eigenvalue weighted by Gasteiger charge is -2.33. The molecule has 1 spiro atoms. The predicted molar refractivity (Wildman–Crippen MR) is 215 cm³/mol. The van der Waals surface area contributed by atoms with Gasteiger partial charge in [-0.2, -0.15) is 0 Å². The van der Waals surface area contributed by atoms with Crippen LogP contribution in [0.4, 0.5) is 5.69 Å². The van der Waals surface area contributed by atoms with Gasteiger partial charge in [-0.15, -0.1) is 0 Å². The van der Waals surface area contributed by atoms with E-state index in [1.807, 2.05) is 86.7 Å². The largest absolute Gasteiger partial charge is 0.432 e. The number of hydrogen-bond donors (Lipinski definition) is 4. The summed E-state index contributed by atoms with van der Waals surface area (Å²) in [5.74, 6) is -1.06. The SMILES string of the molecule is C[C@H]1[C@H]([Si](C)(C)O)[C@@H](CC(=O)N2CCC[C@H]2CO)O[C@]12C(=O)N(Cc1cccc(-n3[nH]c4ccccc4c3=O)c1)c1ccc(-n3[nH]c4ccccc4c3=O)cc12. The van der Waals surface area contributed by atoms with Crippen LogP contribution < -0.4 is 16.0 Å². The molecule has 5 atom stereocenters. The van der Waals surface area contributed by atoms with Gasteiger partial charge < -0.3 is 24.4 Å². The van der Waals surface area contributed by atoms with Crippen LogP contribution in [-0.2, 0) is 26.5 Å². The molecule has 0 saturated carbocycles. The zero-order chi connectivity index (χ0) is 39.1. The van der Waals surface area contributed by atoms with E-state index >= 15 is 4.79 Å². The van der Waals surface area contributed by atoms with E-state index < -0.39 is 31.5 Å². The molecule has 6 aromatic rings. The Hall–Kier alpha value is -5.54. The smallest absolute Gasteiger partial charge is 0.279 e. The first-order chi connectivity index (χ1) is 26.9. The Labute approximate surface area is 322 Å². The molecule has 0 radical (unpaired) electrons. The minimum atomic E-state index is -3.11. The molecule has 4 aromatic carbocycles. The second-order valence-electron chi connectivity index (χ2n) is 16.0. The average Bonchev–Trinajstić information content (AvgIpc) is 3.99. The molecule has 3 aliphatic heterocycles. The van der Waals surface area contributed by atoms with E-state index in [-0.39, 0.29) is 48.5 Å². The summed E-state index contributed by atoms with van der Waals surface area (Å²) in [7, 11) is -3.11. The van der Waals surface area contributed by atoms with Crippen LogP contribution in [-0.4, -0.2) is 79.8 Å². The van der Waals surface area contributed by atoms with Crippen LogP contribution in [0.25, 0.3) is 33.2 Å². The third-order valence-corrected chi connectivity index (χ3v) is 14.7. The molecule has 13 nitrogen and oxygen atoms in total. The van der Waals surface area contributed by atoms with Crippen molar-refractivity contribution in [3.05, 3.63) is 123 Å². The van der Waals surface area contributed by atoms with E-state index in [9.17, 15) is 24.3 Å². The summed E-state index contributed by atoms with van der Waals surface area (Å²) < 4.78 is 9.96. The maximum Gasteiger partial charge on any atom is 0.279 e. The summed E-state index contributed by atoms with van der Waals surface area (Å²) in [4.78, 5) is 71.4. The number of fused-ring (bicyclic) bond motifs is 4. The van der Waals surface area contributed by atoms with Gasteiger partial charge in [0.2, 0.25) is 5.91 Å². The lowest BCUT2D eigenvalue weighted by Crippen LogP contribution is -2.46. The number of para-hydroxylation sites is 2. The molecular formula is C42H44N6O7Si. The molecule has 288 valence electrons. The number of aromatic amines is 2. The third kappa shape index (κ3) is 5.53. The van der Waals surface area contributed by atoms with Crippen molar-refractivity contribution in [3.63, 3.8) is 0 Å². The van der Waals surface area contributed by atoms with Crippen molar-refractivity contribution < 1.29 is 24.2 Å². The number of likely N-dealkylation sites (tertiary alicyclic amines) is 1. The van der Waals surface area contributed by atoms with Crippen molar-refractivity contribution in [2.24, 2.45) is 5.92 Å². The number of aliphatic hydroxyl groups is 1. The van der Waals surface area contributed by atoms with E-state index in [0.29, 0.717) is 57.4 Å². The molecular weight excluding hydrogens is 729 g/mol. The lowest BCUT2D eigenvalue weighted by atomic mass is 9.82. The quantitative estimate of drug-likeness (QED) is 0.163. The van der Waals surface area contributed by atoms with Gasteiger partial charge in [-0.05, 0) is 86.1 Å². The summed E-state index contributed by atoms with van der Waals surface area (Å²) in [5.41, 5.74) is 1.87. The van der Waals surface area contributed by atoms with Gasteiger partial charge >= 0.3 is 0 Å². The van der Waals surface area contributed by atoms with Crippen LogP contribution in [0.15, 0.2) is 101 Å². The molecule has 3 aliphatic rings. The Balaban J connectivity index is 1.15. The zero-order valence-electron chi connectivity index (χ0n) is 31.4. The Bertz CT molecular complexity index is 2660. The number of benzene rings is 4. The first-order valence-corrected chi connectivity index (χ1v) is 22.2. The molecule has 0 unspecified atom stereocenters. The number of carbonyl (C=O) groups is 2. The summed E-state index contributed by atoms with van der Waals surface area (Å²) in [6.07, 6.45) is 0.678. The van der Waals surface area contributed by atoms with Gasteiger partial charge in [-0.3, -0.25) is 29.4 Å². The Kier molecular flexibility index (Phi) is 8.57. The van der Waals surface area contributed by atoms with Gasteiger partial charge in [0.1, 0.15) is 0 Å². The number of hydrogen-bond acceptors (Lipinski definition) is 7. The molecule has 14 heteroatoms. The summed E-state index contributed by atoms with van der Waals surface area (Å²) in [6, 6.07) is 27.1. The maximum absolute atomic E-state index is 15.3. The van der Waals surface area contributed by atoms with Crippen molar-refractivity contribution in [1.29, 1.82) is 0 Å². The molecule has 2 aromatic heterocycles. The topological polar surface area (TPSA) is 166 Å². The van der Waals surface area contributed by atoms with E-state index in [4.69, 9.17) is 4.74 Å². The van der Waals surface area contributed by atoms with Crippen LogP contribution in [0.1, 0.15) is 37.3 Å². The minimum Gasteiger partial charge on any atom is -0.432 e. The van der Waals surface area contributed by atoms with Gasteiger partial charge in [0.25, 0.3) is 17.0 Å². The zero-order valence-corrected chi connectivity index (χ0v) is 32.4. The number of carbonyl (C=O) groups excluding carboxylic acids is 2. The third-order valence-electron chi connectivity index (χ3n) is 12.2. The summed E-state index contributed by atoms with van der Waals surface area (Å²) in [6.45, 7) is 6.09. The van der Waals surface area contributed by atoms with Crippen LogP contribution in [0.2, 0.25) is 18.6 Å². The van der Waals surface area contributed by atoms with Crippen LogP contribution in [0, 0.1) is 5.92 Å². The Morgan fingerprint density at radius 3 is 2.14 bits per heavy atom. The minimum absolute atomic E-state index is 0.0463. The van der Waals surface area contributed by atoms with Crippen LogP contribution in [0.3, 0.4) is 0 Å². The molecule has 2 fully saturated rings. The number of ether oxygens (including phenoxy) is 1. The fourth-order valence-corrected chi connectivity index (χ4v) is 12.2. The number of aromatic nitrogens is 4. The molecule has 0 aliphatic carbocycles. The summed E-state index contributed by atoms with van der Waals surface area (Å²) in [5, 5.41) is 17.5. The fraction of sp³-hybridized carbons (Fsp3) is 0.333.